The Kier molecular flexibility index (Phi) is 5.53. The predicted molar refractivity (Wildman–Crippen MR) is 92.9 cm³/mol. The Hall–Kier alpha value is -2.61. The second-order valence-corrected chi connectivity index (χ2v) is 5.70. The van der Waals surface area contributed by atoms with Gasteiger partial charge >= 0.3 is 0 Å². The lowest BCUT2D eigenvalue weighted by Crippen LogP contribution is -2.22. The minimum absolute atomic E-state index is 0.0804. The van der Waals surface area contributed by atoms with Gasteiger partial charge in [-0.1, -0.05) is 0 Å². The van der Waals surface area contributed by atoms with Crippen LogP contribution in [0.2, 0.25) is 0 Å². The number of nitrogens with two attached hydrogens (primary N) is 2. The molecule has 0 amide bonds. The Morgan fingerprint density at radius 2 is 2.13 bits per heavy atom. The molecule has 1 heterocycles. The molecular formula is C15H20N6OS. The van der Waals surface area contributed by atoms with Crippen LogP contribution in [0.25, 0.3) is 0 Å². The average Bonchev–Trinajstić information content (AvgIpc) is 2.92. The van der Waals surface area contributed by atoms with E-state index in [4.69, 9.17) is 21.6 Å². The molecule has 1 aromatic carbocycles. The minimum Gasteiger partial charge on any atom is -0.494 e. The molecule has 0 bridgehead atoms. The highest BCUT2D eigenvalue weighted by molar-refractivity contribution is 7.06. The van der Waals surface area contributed by atoms with E-state index in [2.05, 4.69) is 10.2 Å². The second-order valence-electron chi connectivity index (χ2n) is 4.80. The molecule has 122 valence electrons. The SMILES string of the molecule is CCOc1ccc(/C(C)=N\N=C(N)N)cc1Cn1ccsc1=N. The summed E-state index contributed by atoms with van der Waals surface area (Å²) in [5.41, 5.74) is 13.2. The minimum atomic E-state index is -0.0804. The zero-order valence-electron chi connectivity index (χ0n) is 13.1. The molecule has 5 N–H and O–H groups in total. The molecule has 0 saturated carbocycles. The average molecular weight is 332 g/mol. The van der Waals surface area contributed by atoms with Crippen molar-refractivity contribution in [3.05, 3.63) is 45.7 Å². The van der Waals surface area contributed by atoms with Crippen LogP contribution >= 0.6 is 11.3 Å². The van der Waals surface area contributed by atoms with Crippen LogP contribution in [0.1, 0.15) is 25.0 Å². The van der Waals surface area contributed by atoms with Gasteiger partial charge in [0.1, 0.15) is 5.75 Å². The van der Waals surface area contributed by atoms with Gasteiger partial charge in [0.2, 0.25) is 5.96 Å². The first-order valence-corrected chi connectivity index (χ1v) is 7.97. The Labute approximate surface area is 138 Å². The van der Waals surface area contributed by atoms with Gasteiger partial charge in [0.15, 0.2) is 4.80 Å². The largest absolute Gasteiger partial charge is 0.494 e. The summed E-state index contributed by atoms with van der Waals surface area (Å²) < 4.78 is 7.54. The highest BCUT2D eigenvalue weighted by atomic mass is 32.1. The van der Waals surface area contributed by atoms with Crippen LogP contribution in [0.15, 0.2) is 40.0 Å². The van der Waals surface area contributed by atoms with Gasteiger partial charge in [-0.05, 0) is 37.6 Å². The van der Waals surface area contributed by atoms with Gasteiger partial charge in [-0.25, -0.2) is 0 Å². The number of guanidine groups is 1. The van der Waals surface area contributed by atoms with Gasteiger partial charge in [0.25, 0.3) is 0 Å². The van der Waals surface area contributed by atoms with Crippen molar-refractivity contribution in [1.29, 1.82) is 5.41 Å². The number of hydrogen-bond donors (Lipinski definition) is 3. The molecule has 0 fully saturated rings. The maximum absolute atomic E-state index is 7.90. The van der Waals surface area contributed by atoms with Crippen LogP contribution in [0.4, 0.5) is 0 Å². The smallest absolute Gasteiger partial charge is 0.211 e. The van der Waals surface area contributed by atoms with E-state index in [9.17, 15) is 0 Å². The van der Waals surface area contributed by atoms with E-state index in [0.717, 1.165) is 16.9 Å². The van der Waals surface area contributed by atoms with Crippen LogP contribution in [0, 0.1) is 5.41 Å². The summed E-state index contributed by atoms with van der Waals surface area (Å²) in [6.45, 7) is 4.91. The Bertz CT molecular complexity index is 785. The fourth-order valence-corrected chi connectivity index (χ4v) is 2.62. The van der Waals surface area contributed by atoms with Crippen molar-refractivity contribution in [2.45, 2.75) is 20.4 Å². The van der Waals surface area contributed by atoms with Gasteiger partial charge in [-0.2, -0.15) is 5.10 Å². The summed E-state index contributed by atoms with van der Waals surface area (Å²) in [7, 11) is 0. The third kappa shape index (κ3) is 4.43. The molecular weight excluding hydrogens is 312 g/mol. The molecule has 0 unspecified atom stereocenters. The van der Waals surface area contributed by atoms with Crippen LogP contribution in [-0.4, -0.2) is 22.8 Å². The lowest BCUT2D eigenvalue weighted by molar-refractivity contribution is 0.335. The van der Waals surface area contributed by atoms with E-state index >= 15 is 0 Å². The quantitative estimate of drug-likeness (QED) is 0.423. The normalized spacial score (nSPS) is 11.3. The van der Waals surface area contributed by atoms with Crippen molar-refractivity contribution in [2.75, 3.05) is 6.61 Å². The molecule has 0 aliphatic carbocycles. The summed E-state index contributed by atoms with van der Waals surface area (Å²) in [4.78, 5) is 0.490. The summed E-state index contributed by atoms with van der Waals surface area (Å²) in [5.74, 6) is 0.715. The fourth-order valence-electron chi connectivity index (χ4n) is 2.03. The molecule has 23 heavy (non-hydrogen) atoms. The molecule has 0 saturated heterocycles. The van der Waals surface area contributed by atoms with Crippen LogP contribution in [-0.2, 0) is 6.54 Å². The molecule has 0 aliphatic heterocycles. The van der Waals surface area contributed by atoms with Crippen LogP contribution < -0.4 is 21.0 Å². The van der Waals surface area contributed by atoms with E-state index < -0.39 is 0 Å². The van der Waals surface area contributed by atoms with Gasteiger partial charge in [-0.15, -0.1) is 16.4 Å². The molecule has 1 aromatic heterocycles. The Morgan fingerprint density at radius 1 is 1.35 bits per heavy atom. The molecule has 0 atom stereocenters. The second kappa shape index (κ2) is 7.59. The third-order valence-electron chi connectivity index (χ3n) is 3.12. The van der Waals surface area contributed by atoms with Gasteiger partial charge in [-0.3, -0.25) is 5.41 Å². The summed E-state index contributed by atoms with van der Waals surface area (Å²) in [6, 6.07) is 5.80. The fraction of sp³-hybridized carbons (Fsp3) is 0.267. The first-order valence-electron chi connectivity index (χ1n) is 7.09. The lowest BCUT2D eigenvalue weighted by Gasteiger charge is -2.12. The number of aromatic nitrogens is 1. The van der Waals surface area contributed by atoms with E-state index in [1.54, 1.807) is 0 Å². The van der Waals surface area contributed by atoms with Crippen LogP contribution in [0.3, 0.4) is 0 Å². The number of hydrogen-bond acceptors (Lipinski definition) is 5. The Morgan fingerprint density at radius 3 is 2.74 bits per heavy atom. The topological polar surface area (TPSA) is 115 Å². The molecule has 0 radical (unpaired) electrons. The standard InChI is InChI=1S/C15H20N6OS/c1-3-22-13-5-4-11(10(2)19-20-14(16)17)8-12(13)9-21-6-7-23-15(21)18/h4-8,18H,3,9H2,1-2H3,(H4,16,17,20)/b18-15?,19-10-. The number of thiazole rings is 1. The first kappa shape index (κ1) is 16.8. The molecule has 8 heteroatoms. The zero-order chi connectivity index (χ0) is 16.8. The maximum Gasteiger partial charge on any atom is 0.211 e. The van der Waals surface area contributed by atoms with Crippen LogP contribution in [0.5, 0.6) is 5.75 Å². The highest BCUT2D eigenvalue weighted by Gasteiger charge is 2.08. The van der Waals surface area contributed by atoms with Crippen molar-refractivity contribution >= 4 is 23.0 Å². The molecule has 2 aromatic rings. The number of nitrogens with zero attached hydrogens (tertiary/aromatic N) is 3. The summed E-state index contributed by atoms with van der Waals surface area (Å²) in [5, 5.41) is 17.5. The van der Waals surface area contributed by atoms with Gasteiger partial charge < -0.3 is 20.8 Å². The monoisotopic (exact) mass is 332 g/mol. The number of ether oxygens (including phenoxy) is 1. The van der Waals surface area contributed by atoms with E-state index in [1.165, 1.54) is 11.3 Å². The van der Waals surface area contributed by atoms with Crippen molar-refractivity contribution in [3.63, 3.8) is 0 Å². The molecule has 2 rings (SSSR count). The van der Waals surface area contributed by atoms with Gasteiger partial charge in [0, 0.05) is 17.1 Å². The van der Waals surface area contributed by atoms with Crippen molar-refractivity contribution < 1.29 is 4.74 Å². The zero-order valence-corrected chi connectivity index (χ0v) is 13.9. The highest BCUT2D eigenvalue weighted by Crippen LogP contribution is 2.22. The van der Waals surface area contributed by atoms with Crippen molar-refractivity contribution in [2.24, 2.45) is 21.7 Å². The predicted octanol–water partition coefficient (Wildman–Crippen LogP) is 1.47. The van der Waals surface area contributed by atoms with Crippen molar-refractivity contribution in [1.82, 2.24) is 4.57 Å². The number of rotatable bonds is 6. The van der Waals surface area contributed by atoms with Gasteiger partial charge in [0.05, 0.1) is 18.9 Å². The van der Waals surface area contributed by atoms with E-state index in [-0.39, 0.29) is 5.96 Å². The molecule has 7 nitrogen and oxygen atoms in total. The summed E-state index contributed by atoms with van der Waals surface area (Å²) >= 11 is 1.38. The number of benzene rings is 1. The van der Waals surface area contributed by atoms with E-state index in [1.807, 2.05) is 48.2 Å². The molecule has 0 spiro atoms. The third-order valence-corrected chi connectivity index (χ3v) is 3.83. The molecule has 0 aliphatic rings. The number of nitrogens with one attached hydrogen (secondary N) is 1. The first-order chi connectivity index (χ1) is 11.0. The maximum atomic E-state index is 7.90. The lowest BCUT2D eigenvalue weighted by atomic mass is 10.1. The van der Waals surface area contributed by atoms with E-state index in [0.29, 0.717) is 23.7 Å². The summed E-state index contributed by atoms with van der Waals surface area (Å²) in [6.07, 6.45) is 1.88. The Balaban J connectivity index is 2.39. The van der Waals surface area contributed by atoms with Crippen molar-refractivity contribution in [3.8, 4) is 5.75 Å².